The number of carbonyl (C=O) groups excluding carboxylic acids is 5. The number of amides is 5. The SMILES string of the molecule is CSCC[C@H](NC(=O)[C@@H]1CCCN1C(=O)[C@H](CC(=O)O)NC(=O)[C@@H](N)CC(C)C)C(=O)N[C@@H](Cc1c[nH]c2ccccc12)C(=O)N[C@@H](CCCN=C(N)N)C(=O)O. The van der Waals surface area contributed by atoms with Crippen LogP contribution >= 0.6 is 11.8 Å². The number of nitrogens with zero attached hydrogens (tertiary/aromatic N) is 2. The van der Waals surface area contributed by atoms with E-state index < -0.39 is 84.1 Å². The fraction of sp³-hybridized carbons (Fsp3) is 0.568. The summed E-state index contributed by atoms with van der Waals surface area (Å²) in [6.07, 6.45) is 4.02. The Bertz CT molecular complexity index is 1770. The van der Waals surface area contributed by atoms with E-state index in [1.54, 1.807) is 6.20 Å². The molecular weight excluding hydrogens is 761 g/mol. The van der Waals surface area contributed by atoms with Gasteiger partial charge >= 0.3 is 11.9 Å². The number of H-pyrrole nitrogens is 1. The van der Waals surface area contributed by atoms with Crippen LogP contribution in [-0.4, -0.2) is 129 Å². The fourth-order valence-corrected chi connectivity index (χ4v) is 7.05. The molecular formula is C37H56N10O9S. The molecule has 0 radical (unpaired) electrons. The van der Waals surface area contributed by atoms with E-state index in [9.17, 15) is 43.8 Å². The first-order chi connectivity index (χ1) is 27.0. The topological polar surface area (TPSA) is 318 Å². The summed E-state index contributed by atoms with van der Waals surface area (Å²) in [5, 5.41) is 30.6. The summed E-state index contributed by atoms with van der Waals surface area (Å²) in [5.74, 6) is -5.94. The number of carbonyl (C=O) groups is 7. The van der Waals surface area contributed by atoms with Crippen molar-refractivity contribution in [2.45, 2.75) is 101 Å². The van der Waals surface area contributed by atoms with Crippen LogP contribution in [0.4, 0.5) is 0 Å². The highest BCUT2D eigenvalue weighted by molar-refractivity contribution is 7.98. The summed E-state index contributed by atoms with van der Waals surface area (Å²) < 4.78 is 0. The molecule has 3 rings (SSSR count). The Morgan fingerprint density at radius 3 is 2.25 bits per heavy atom. The molecule has 1 aliphatic rings. The van der Waals surface area contributed by atoms with Crippen molar-refractivity contribution in [1.82, 2.24) is 31.2 Å². The molecule has 0 bridgehead atoms. The summed E-state index contributed by atoms with van der Waals surface area (Å²) in [5.41, 5.74) is 18.2. The molecule has 13 N–H and O–H groups in total. The number of carboxylic acids is 2. The molecule has 2 heterocycles. The minimum Gasteiger partial charge on any atom is -0.481 e. The largest absolute Gasteiger partial charge is 0.481 e. The second kappa shape index (κ2) is 22.4. The number of hydrogen-bond donors (Lipinski definition) is 10. The van der Waals surface area contributed by atoms with E-state index in [4.69, 9.17) is 17.2 Å². The molecule has 0 saturated carbocycles. The lowest BCUT2D eigenvalue weighted by Crippen LogP contribution is -2.59. The van der Waals surface area contributed by atoms with Gasteiger partial charge in [-0.15, -0.1) is 0 Å². The van der Waals surface area contributed by atoms with E-state index in [1.807, 2.05) is 44.4 Å². The number of nitrogens with one attached hydrogen (secondary N) is 5. The summed E-state index contributed by atoms with van der Waals surface area (Å²) in [6, 6.07) is -0.00697. The van der Waals surface area contributed by atoms with Crippen molar-refractivity contribution in [2.24, 2.45) is 28.1 Å². The van der Waals surface area contributed by atoms with Crippen LogP contribution in [0.3, 0.4) is 0 Å². The Kier molecular flexibility index (Phi) is 18.1. The van der Waals surface area contributed by atoms with E-state index in [0.29, 0.717) is 24.2 Å². The number of rotatable bonds is 23. The molecule has 1 fully saturated rings. The lowest BCUT2D eigenvalue weighted by atomic mass is 10.0. The Morgan fingerprint density at radius 2 is 1.60 bits per heavy atom. The smallest absolute Gasteiger partial charge is 0.326 e. The third-order valence-corrected chi connectivity index (χ3v) is 10.1. The first-order valence-electron chi connectivity index (χ1n) is 18.8. The number of carboxylic acid groups (broad SMARTS) is 2. The molecule has 0 aliphatic carbocycles. The Labute approximate surface area is 335 Å². The number of hydrogen-bond acceptors (Lipinski definition) is 10. The highest BCUT2D eigenvalue weighted by Crippen LogP contribution is 2.22. The summed E-state index contributed by atoms with van der Waals surface area (Å²) in [7, 11) is 0. The van der Waals surface area contributed by atoms with Crippen molar-refractivity contribution in [1.29, 1.82) is 0 Å². The van der Waals surface area contributed by atoms with Crippen molar-refractivity contribution in [3.8, 4) is 0 Å². The van der Waals surface area contributed by atoms with E-state index in [2.05, 4.69) is 31.2 Å². The molecule has 1 aromatic heterocycles. The molecule has 1 aliphatic heterocycles. The van der Waals surface area contributed by atoms with Gasteiger partial charge in [-0.2, -0.15) is 11.8 Å². The molecule has 19 nitrogen and oxygen atoms in total. The number of guanidine groups is 1. The quantitative estimate of drug-likeness (QED) is 0.0380. The average molecular weight is 817 g/mol. The first-order valence-corrected chi connectivity index (χ1v) is 20.2. The normalized spacial score (nSPS) is 16.5. The van der Waals surface area contributed by atoms with Gasteiger partial charge in [-0.3, -0.25) is 33.8 Å². The lowest BCUT2D eigenvalue weighted by molar-refractivity contribution is -0.146. The van der Waals surface area contributed by atoms with Gasteiger partial charge in [0, 0.05) is 36.6 Å². The number of thioether (sulfide) groups is 1. The Morgan fingerprint density at radius 1 is 0.930 bits per heavy atom. The second-order valence-electron chi connectivity index (χ2n) is 14.4. The number of aromatic nitrogens is 1. The highest BCUT2D eigenvalue weighted by Gasteiger charge is 2.40. The maximum Gasteiger partial charge on any atom is 0.326 e. The number of aliphatic carboxylic acids is 2. The summed E-state index contributed by atoms with van der Waals surface area (Å²) in [4.78, 5) is 100. The number of para-hydroxylation sites is 1. The van der Waals surface area contributed by atoms with Crippen LogP contribution in [0.1, 0.15) is 64.4 Å². The Balaban J connectivity index is 1.84. The van der Waals surface area contributed by atoms with Crippen LogP contribution in [0.25, 0.3) is 10.9 Å². The van der Waals surface area contributed by atoms with Crippen LogP contribution in [-0.2, 0) is 40.0 Å². The van der Waals surface area contributed by atoms with Crippen LogP contribution in [0.2, 0.25) is 0 Å². The molecule has 1 aromatic carbocycles. The van der Waals surface area contributed by atoms with Gasteiger partial charge in [0.1, 0.15) is 30.2 Å². The van der Waals surface area contributed by atoms with Crippen molar-refractivity contribution < 1.29 is 43.8 Å². The van der Waals surface area contributed by atoms with Crippen LogP contribution in [0, 0.1) is 5.92 Å². The third kappa shape index (κ3) is 14.3. The molecule has 314 valence electrons. The molecule has 0 unspecified atom stereocenters. The van der Waals surface area contributed by atoms with E-state index in [0.717, 1.165) is 10.9 Å². The summed E-state index contributed by atoms with van der Waals surface area (Å²) in [6.45, 7) is 3.97. The number of aliphatic imine (C=N–C) groups is 1. The van der Waals surface area contributed by atoms with Crippen LogP contribution < -0.4 is 38.5 Å². The van der Waals surface area contributed by atoms with Gasteiger partial charge in [0.05, 0.1) is 12.5 Å². The molecule has 20 heteroatoms. The molecule has 0 spiro atoms. The average Bonchev–Trinajstić information content (AvgIpc) is 3.80. The van der Waals surface area contributed by atoms with Crippen molar-refractivity contribution in [2.75, 3.05) is 25.1 Å². The maximum absolute atomic E-state index is 14.0. The summed E-state index contributed by atoms with van der Waals surface area (Å²) >= 11 is 1.41. The van der Waals surface area contributed by atoms with Crippen molar-refractivity contribution in [3.05, 3.63) is 36.0 Å². The maximum atomic E-state index is 14.0. The van der Waals surface area contributed by atoms with E-state index >= 15 is 0 Å². The molecule has 6 atom stereocenters. The number of fused-ring (bicyclic) bond motifs is 1. The van der Waals surface area contributed by atoms with Crippen molar-refractivity contribution in [3.63, 3.8) is 0 Å². The van der Waals surface area contributed by atoms with Gasteiger partial charge in [0.25, 0.3) is 0 Å². The zero-order chi connectivity index (χ0) is 42.2. The zero-order valence-corrected chi connectivity index (χ0v) is 33.3. The van der Waals surface area contributed by atoms with Gasteiger partial charge in [0.15, 0.2) is 5.96 Å². The van der Waals surface area contributed by atoms with Crippen LogP contribution in [0.5, 0.6) is 0 Å². The van der Waals surface area contributed by atoms with E-state index in [1.165, 1.54) is 16.7 Å². The standard InChI is InChI=1S/C37H56N10O9S/c1-20(2)16-23(38)31(50)46-28(18-30(48)49)35(54)47-14-7-11-29(47)34(53)43-25(12-15-57-3)32(51)45-27(17-21-19-42-24-9-5-4-8-22(21)24)33(52)44-26(36(55)56)10-6-13-41-37(39)40/h4-5,8-9,19-20,23,25-29,42H,6-7,10-18,38H2,1-3H3,(H,43,53)(H,44,52)(H,45,51)(H,46,50)(H,48,49)(H,55,56)(H4,39,40,41)/t23-,25-,26-,27-,28-,29-/m0/s1. The highest BCUT2D eigenvalue weighted by atomic mass is 32.2. The second-order valence-corrected chi connectivity index (χ2v) is 15.4. The minimum absolute atomic E-state index is 0.00360. The van der Waals surface area contributed by atoms with Crippen LogP contribution in [0.15, 0.2) is 35.5 Å². The van der Waals surface area contributed by atoms with Crippen molar-refractivity contribution >= 4 is 70.1 Å². The number of aromatic amines is 1. The monoisotopic (exact) mass is 816 g/mol. The number of nitrogens with two attached hydrogens (primary N) is 3. The number of benzene rings is 1. The predicted molar refractivity (Wildman–Crippen MR) is 215 cm³/mol. The predicted octanol–water partition coefficient (Wildman–Crippen LogP) is -0.620. The Hall–Kier alpha value is -5.37. The molecule has 2 aromatic rings. The van der Waals surface area contributed by atoms with Gasteiger partial charge in [-0.1, -0.05) is 32.0 Å². The first kappa shape index (κ1) is 46.0. The zero-order valence-electron chi connectivity index (χ0n) is 32.5. The van der Waals surface area contributed by atoms with Gasteiger partial charge in [-0.25, -0.2) is 4.79 Å². The molecule has 57 heavy (non-hydrogen) atoms. The van der Waals surface area contributed by atoms with E-state index in [-0.39, 0.29) is 57.1 Å². The molecule has 1 saturated heterocycles. The minimum atomic E-state index is -1.48. The third-order valence-electron chi connectivity index (χ3n) is 9.43. The van der Waals surface area contributed by atoms with Gasteiger partial charge in [-0.05, 0) is 68.1 Å². The fourth-order valence-electron chi connectivity index (χ4n) is 6.58. The number of likely N-dealkylation sites (tertiary alicyclic amines) is 1. The molecule has 5 amide bonds. The lowest BCUT2D eigenvalue weighted by Gasteiger charge is -2.30. The van der Waals surface area contributed by atoms with Gasteiger partial charge < -0.3 is 58.6 Å². The van der Waals surface area contributed by atoms with Gasteiger partial charge in [0.2, 0.25) is 29.5 Å².